The molecule has 0 amide bonds. The molecule has 1 atom stereocenters. The summed E-state index contributed by atoms with van der Waals surface area (Å²) >= 11 is 0. The zero-order chi connectivity index (χ0) is 14.7. The summed E-state index contributed by atoms with van der Waals surface area (Å²) in [6.45, 7) is 0. The first-order valence-electron chi connectivity index (χ1n) is 7.46. The zero-order valence-corrected chi connectivity index (χ0v) is 12.0. The highest BCUT2D eigenvalue weighted by Crippen LogP contribution is 2.51. The summed E-state index contributed by atoms with van der Waals surface area (Å²) in [6.07, 6.45) is 4.36. The lowest BCUT2D eigenvalue weighted by Crippen LogP contribution is -2.37. The van der Waals surface area contributed by atoms with Crippen LogP contribution in [0.5, 0.6) is 0 Å². The van der Waals surface area contributed by atoms with E-state index in [0.29, 0.717) is 5.84 Å². The van der Waals surface area contributed by atoms with E-state index >= 15 is 0 Å². The van der Waals surface area contributed by atoms with Gasteiger partial charge in [-0.2, -0.15) is 0 Å². The first kappa shape index (κ1) is 11.8. The molecule has 22 heavy (non-hydrogen) atoms. The number of rotatable bonds is 0. The fraction of sp³-hybridized carbons (Fsp3) is 0.0500. The fourth-order valence-electron chi connectivity index (χ4n) is 3.86. The maximum absolute atomic E-state index is 6.43. The quantitative estimate of drug-likeness (QED) is 0.660. The molecule has 2 aliphatic rings. The van der Waals surface area contributed by atoms with Crippen molar-refractivity contribution in [2.75, 3.05) is 0 Å². The van der Waals surface area contributed by atoms with Crippen molar-refractivity contribution in [1.82, 2.24) is 0 Å². The van der Waals surface area contributed by atoms with Crippen LogP contribution in [0.1, 0.15) is 16.7 Å². The van der Waals surface area contributed by atoms with Gasteiger partial charge in [-0.1, -0.05) is 66.7 Å². The number of aliphatic imine (C=N–C) groups is 1. The average Bonchev–Trinajstić information content (AvgIpc) is 3.08. The molecular formula is C20H14N2. The lowest BCUT2D eigenvalue weighted by atomic mass is 9.74. The summed E-state index contributed by atoms with van der Waals surface area (Å²) in [5.74, 6) is 0.667. The molecule has 1 unspecified atom stereocenters. The molecule has 3 aromatic rings. The van der Waals surface area contributed by atoms with Gasteiger partial charge in [0.25, 0.3) is 0 Å². The van der Waals surface area contributed by atoms with Gasteiger partial charge in [0, 0.05) is 5.56 Å². The Morgan fingerprint density at radius 1 is 0.864 bits per heavy atom. The van der Waals surface area contributed by atoms with Crippen molar-refractivity contribution < 1.29 is 0 Å². The highest BCUT2D eigenvalue weighted by Gasteiger charge is 2.46. The molecule has 1 heterocycles. The molecule has 1 spiro atoms. The Morgan fingerprint density at radius 3 is 2.64 bits per heavy atom. The number of benzene rings is 3. The summed E-state index contributed by atoms with van der Waals surface area (Å²) in [5.41, 5.74) is 10.7. The molecule has 0 fully saturated rings. The van der Waals surface area contributed by atoms with Crippen LogP contribution in [0.2, 0.25) is 0 Å². The van der Waals surface area contributed by atoms with Crippen LogP contribution in [0.25, 0.3) is 16.8 Å². The SMILES string of the molecule is NC1=Nc2ccc3ccccc3c2C12C=Cc1ccccc12. The van der Waals surface area contributed by atoms with Crippen molar-refractivity contribution in [3.05, 3.63) is 83.4 Å². The maximum atomic E-state index is 6.43. The molecule has 5 rings (SSSR count). The molecule has 0 saturated carbocycles. The first-order valence-corrected chi connectivity index (χ1v) is 7.46. The molecule has 0 saturated heterocycles. The minimum Gasteiger partial charge on any atom is -0.386 e. The van der Waals surface area contributed by atoms with E-state index in [2.05, 4.69) is 77.8 Å². The highest BCUT2D eigenvalue weighted by atomic mass is 14.9. The molecule has 2 N–H and O–H groups in total. The summed E-state index contributed by atoms with van der Waals surface area (Å²) in [6, 6.07) is 21.1. The van der Waals surface area contributed by atoms with E-state index in [-0.39, 0.29) is 0 Å². The third-order valence-electron chi connectivity index (χ3n) is 4.84. The Hall–Kier alpha value is -2.87. The summed E-state index contributed by atoms with van der Waals surface area (Å²) < 4.78 is 0. The Kier molecular flexibility index (Phi) is 2.06. The van der Waals surface area contributed by atoms with E-state index in [1.54, 1.807) is 0 Å². The second-order valence-corrected chi connectivity index (χ2v) is 5.91. The highest BCUT2D eigenvalue weighted by molar-refractivity contribution is 6.11. The lowest BCUT2D eigenvalue weighted by molar-refractivity contribution is 0.912. The second-order valence-electron chi connectivity index (χ2n) is 5.91. The molecule has 0 bridgehead atoms. The van der Waals surface area contributed by atoms with Crippen molar-refractivity contribution >= 4 is 28.4 Å². The molecule has 1 aliphatic carbocycles. The molecule has 2 heteroatoms. The summed E-state index contributed by atoms with van der Waals surface area (Å²) in [4.78, 5) is 4.68. The molecule has 104 valence electrons. The predicted molar refractivity (Wildman–Crippen MR) is 91.5 cm³/mol. The topological polar surface area (TPSA) is 38.4 Å². The van der Waals surface area contributed by atoms with Gasteiger partial charge in [0.05, 0.1) is 11.1 Å². The van der Waals surface area contributed by atoms with Crippen LogP contribution in [-0.2, 0) is 5.41 Å². The van der Waals surface area contributed by atoms with Crippen molar-refractivity contribution in [2.45, 2.75) is 5.41 Å². The van der Waals surface area contributed by atoms with E-state index < -0.39 is 5.41 Å². The molecular weight excluding hydrogens is 268 g/mol. The van der Waals surface area contributed by atoms with E-state index in [1.165, 1.54) is 27.5 Å². The van der Waals surface area contributed by atoms with Crippen molar-refractivity contribution in [2.24, 2.45) is 10.7 Å². The molecule has 3 aromatic carbocycles. The Labute approximate surface area is 128 Å². The van der Waals surface area contributed by atoms with E-state index in [4.69, 9.17) is 5.73 Å². The van der Waals surface area contributed by atoms with Gasteiger partial charge in [-0.15, -0.1) is 0 Å². The van der Waals surface area contributed by atoms with Crippen LogP contribution in [0.15, 0.2) is 71.7 Å². The minimum atomic E-state index is -0.410. The smallest absolute Gasteiger partial charge is 0.119 e. The number of fused-ring (bicyclic) bond motifs is 6. The molecule has 1 aliphatic heterocycles. The number of hydrogen-bond acceptors (Lipinski definition) is 2. The monoisotopic (exact) mass is 282 g/mol. The van der Waals surface area contributed by atoms with Gasteiger partial charge in [0.2, 0.25) is 0 Å². The van der Waals surface area contributed by atoms with Gasteiger partial charge in [-0.05, 0) is 28.0 Å². The van der Waals surface area contributed by atoms with Crippen LogP contribution in [-0.4, -0.2) is 5.84 Å². The Morgan fingerprint density at radius 2 is 1.68 bits per heavy atom. The van der Waals surface area contributed by atoms with E-state index in [0.717, 1.165) is 5.69 Å². The van der Waals surface area contributed by atoms with Crippen molar-refractivity contribution in [1.29, 1.82) is 0 Å². The Bertz CT molecular complexity index is 998. The van der Waals surface area contributed by atoms with Gasteiger partial charge in [-0.3, -0.25) is 0 Å². The van der Waals surface area contributed by atoms with Gasteiger partial charge < -0.3 is 5.73 Å². The molecule has 2 nitrogen and oxygen atoms in total. The zero-order valence-electron chi connectivity index (χ0n) is 12.0. The van der Waals surface area contributed by atoms with Crippen molar-refractivity contribution in [3.8, 4) is 0 Å². The van der Waals surface area contributed by atoms with Gasteiger partial charge in [0.15, 0.2) is 0 Å². The number of hydrogen-bond donors (Lipinski definition) is 1. The minimum absolute atomic E-state index is 0.410. The van der Waals surface area contributed by atoms with Gasteiger partial charge >= 0.3 is 0 Å². The maximum Gasteiger partial charge on any atom is 0.119 e. The molecule has 0 aromatic heterocycles. The third kappa shape index (κ3) is 1.23. The van der Waals surface area contributed by atoms with Crippen LogP contribution in [0.3, 0.4) is 0 Å². The number of nitrogens with two attached hydrogens (primary N) is 1. The summed E-state index contributed by atoms with van der Waals surface area (Å²) in [5, 5.41) is 2.45. The fourth-order valence-corrected chi connectivity index (χ4v) is 3.86. The largest absolute Gasteiger partial charge is 0.386 e. The Balaban J connectivity index is 1.95. The first-order chi connectivity index (χ1) is 10.8. The van der Waals surface area contributed by atoms with E-state index in [1.807, 2.05) is 0 Å². The predicted octanol–water partition coefficient (Wildman–Crippen LogP) is 4.16. The summed E-state index contributed by atoms with van der Waals surface area (Å²) in [7, 11) is 0. The van der Waals surface area contributed by atoms with Crippen LogP contribution in [0, 0.1) is 0 Å². The third-order valence-corrected chi connectivity index (χ3v) is 4.84. The second kappa shape index (κ2) is 3.86. The van der Waals surface area contributed by atoms with Gasteiger partial charge in [-0.25, -0.2) is 4.99 Å². The van der Waals surface area contributed by atoms with Crippen LogP contribution in [0.4, 0.5) is 5.69 Å². The average molecular weight is 282 g/mol. The molecule has 0 radical (unpaired) electrons. The van der Waals surface area contributed by atoms with E-state index in [9.17, 15) is 0 Å². The standard InChI is InChI=1S/C20H14N2/c21-19-20(12-11-14-6-2-4-8-16(14)20)18-15-7-3-1-5-13(15)9-10-17(18)22-19/h1-12H,(H2,21,22). The lowest BCUT2D eigenvalue weighted by Gasteiger charge is -2.26. The van der Waals surface area contributed by atoms with Gasteiger partial charge in [0.1, 0.15) is 5.84 Å². The van der Waals surface area contributed by atoms with Crippen LogP contribution < -0.4 is 5.73 Å². The number of amidine groups is 1. The van der Waals surface area contributed by atoms with Crippen LogP contribution >= 0.6 is 0 Å². The van der Waals surface area contributed by atoms with Crippen molar-refractivity contribution in [3.63, 3.8) is 0 Å². The normalized spacial score (nSPS) is 21.2. The number of nitrogens with zero attached hydrogens (tertiary/aromatic N) is 1.